The first kappa shape index (κ1) is 119. The number of thiophene rings is 5. The minimum Gasteiger partial charge on any atom is -0.492 e. The van der Waals surface area contributed by atoms with Gasteiger partial charge in [0.05, 0.1) is 48.5 Å². The second-order valence-electron chi connectivity index (χ2n) is 33.8. The largest absolute Gasteiger partial charge is 0.492 e. The van der Waals surface area contributed by atoms with Crippen LogP contribution in [-0.4, -0.2) is 123 Å². The number of rotatable bonds is 52. The summed E-state index contributed by atoms with van der Waals surface area (Å²) in [5.41, 5.74) is 25.3. The number of aryl methyl sites for hydroxylation is 7. The fourth-order valence-electron chi connectivity index (χ4n) is 14.8. The Morgan fingerprint density at radius 2 is 0.977 bits per heavy atom. The number of amides is 2. The summed E-state index contributed by atoms with van der Waals surface area (Å²) < 4.78 is 24.0. The van der Waals surface area contributed by atoms with Crippen LogP contribution in [0.2, 0.25) is 0 Å². The highest BCUT2D eigenvalue weighted by Crippen LogP contribution is 2.42. The number of nitriles is 1. The Morgan fingerprint density at radius 1 is 0.523 bits per heavy atom. The van der Waals surface area contributed by atoms with E-state index in [2.05, 4.69) is 102 Å². The first-order chi connectivity index (χ1) is 63.4. The number of fused-ring (bicyclic) bond motifs is 5. The van der Waals surface area contributed by atoms with Crippen molar-refractivity contribution in [2.45, 2.75) is 332 Å². The number of ether oxygens (including phenoxy) is 4. The maximum Gasteiger partial charge on any atom is 0.348 e. The minimum absolute atomic E-state index is 0.0169. The molecule has 5 aromatic heterocycles. The molecule has 132 heavy (non-hydrogen) atoms. The summed E-state index contributed by atoms with van der Waals surface area (Å²) in [6.07, 6.45) is 36.2. The standard InChI is InChI=1S/C48H66N6O7S.C15H22O3S.C15H24O2S.C13H19BrOS.C8H15ClO.C5H5BrS/c1-5-6-7-8-9-10-12-36-25-31(2)46(62-36)42(57)30-35(18-20-50)48(59)54(4)45-34-15-17-44(61-24-22-52)38(29-34)37-27-33(14-16-43(37)60-23-21-51)28-39(40(55)13-11-19-49)53-47(58)32(3)26-41(45)56;1-4-5-6-7-8-9-12(16)13-10-11(2)14(19-13)15(17)18-3;1-4-5-6-7-8-9-10-13-11-12(2)14(18-13)15(16)17-3;1-3-4-5-6-7-8-11(15)12-9-10(2)13(14)16-12;1-2-3-4-5-6-7-8(9)10;1-4-2-3-7-5(4)6/h14-17,25,27,29,32,35,39,45H,5-13,18,20-24,26,28,30,50-52H2,1-4H3,(H,53,58);10H,4-9H2,1-3H3;11H,4-10H2,1-3H3;9H,3-8H2,1-2H3;2-7H2,1H3;2-3H,1H3/t32-,35-,39+,45+;;;;;/m1...../s1. The number of carbonyl (C=O) groups excluding carboxylic acids is 10. The molecule has 2 aromatic carbocycles. The molecular weight excluding hydrogens is 1910 g/mol. The van der Waals surface area contributed by atoms with E-state index in [0.717, 1.165) is 92.9 Å². The first-order valence-corrected chi connectivity index (χ1v) is 53.8. The van der Waals surface area contributed by atoms with E-state index >= 15 is 0 Å². The van der Waals surface area contributed by atoms with E-state index in [1.54, 1.807) is 84.4 Å². The van der Waals surface area contributed by atoms with Crippen LogP contribution in [-0.2, 0) is 52.7 Å². The van der Waals surface area contributed by atoms with Gasteiger partial charge in [0.15, 0.2) is 28.9 Å². The maximum atomic E-state index is 14.7. The van der Waals surface area contributed by atoms with Gasteiger partial charge in [0.25, 0.3) is 0 Å². The van der Waals surface area contributed by atoms with Gasteiger partial charge < -0.3 is 46.4 Å². The second kappa shape index (κ2) is 69.8. The zero-order chi connectivity index (χ0) is 97.9. The van der Waals surface area contributed by atoms with E-state index in [4.69, 9.17) is 47.7 Å². The number of hydrogen-bond acceptors (Lipinski definition) is 23. The smallest absolute Gasteiger partial charge is 0.348 e. The van der Waals surface area contributed by atoms with E-state index < -0.39 is 41.5 Å². The Morgan fingerprint density at radius 3 is 1.43 bits per heavy atom. The quantitative estimate of drug-likeness (QED) is 0.0119. The van der Waals surface area contributed by atoms with Crippen LogP contribution in [0.3, 0.4) is 0 Å². The van der Waals surface area contributed by atoms with Gasteiger partial charge in [-0.25, -0.2) is 9.59 Å². The number of likely N-dealkylation sites (N-methyl/N-ethyl adjacent to an activating group) is 1. The zero-order valence-electron chi connectivity index (χ0n) is 81.2. The Kier molecular flexibility index (Phi) is 63.0. The van der Waals surface area contributed by atoms with Crippen LogP contribution in [0.25, 0.3) is 11.1 Å². The molecule has 0 saturated carbocycles. The molecule has 8 rings (SSSR count). The van der Waals surface area contributed by atoms with Crippen molar-refractivity contribution in [3.63, 3.8) is 0 Å². The van der Waals surface area contributed by atoms with Crippen molar-refractivity contribution in [2.75, 3.05) is 54.1 Å². The van der Waals surface area contributed by atoms with Gasteiger partial charge in [-0.1, -0.05) is 195 Å². The van der Waals surface area contributed by atoms with Crippen LogP contribution in [0.15, 0.2) is 79.7 Å². The number of hydrogen-bond donors (Lipinski definition) is 4. The number of Topliss-reactive ketones (excluding diaryl/α,β-unsaturated/α-hetero) is 5. The van der Waals surface area contributed by atoms with Crippen LogP contribution < -0.4 is 32.0 Å². The fourth-order valence-corrected chi connectivity index (χ4v) is 20.9. The molecule has 2 amide bonds. The van der Waals surface area contributed by atoms with Gasteiger partial charge >= 0.3 is 11.9 Å². The van der Waals surface area contributed by atoms with Crippen molar-refractivity contribution in [1.82, 2.24) is 10.2 Å². The Hall–Kier alpha value is -6.94. The monoisotopic (exact) mass is 2060 g/mol. The van der Waals surface area contributed by atoms with Gasteiger partial charge in [-0.3, -0.25) is 38.4 Å². The van der Waals surface area contributed by atoms with Crippen LogP contribution >= 0.6 is 100 Å². The van der Waals surface area contributed by atoms with Gasteiger partial charge in [-0.15, -0.1) is 56.7 Å². The van der Waals surface area contributed by atoms with Crippen molar-refractivity contribution in [2.24, 2.45) is 29.0 Å². The van der Waals surface area contributed by atoms with Crippen LogP contribution in [0, 0.1) is 57.8 Å². The van der Waals surface area contributed by atoms with Gasteiger partial charge in [0, 0.05) is 97.8 Å². The van der Waals surface area contributed by atoms with Gasteiger partial charge in [-0.2, -0.15) is 5.26 Å². The molecule has 28 heteroatoms. The van der Waals surface area contributed by atoms with E-state index in [0.29, 0.717) is 73.4 Å². The van der Waals surface area contributed by atoms with Crippen LogP contribution in [0.4, 0.5) is 0 Å². The fraction of sp³-hybridized carbons (Fsp3) is 0.587. The van der Waals surface area contributed by atoms with E-state index in [9.17, 15) is 53.2 Å². The summed E-state index contributed by atoms with van der Waals surface area (Å²) in [5, 5.41) is 13.9. The molecule has 1 aliphatic rings. The molecule has 6 heterocycles. The number of nitrogens with one attached hydrogen (secondary N) is 1. The summed E-state index contributed by atoms with van der Waals surface area (Å²) >= 11 is 19.6. The van der Waals surface area contributed by atoms with Gasteiger partial charge in [0.1, 0.15) is 40.5 Å². The number of halogens is 3. The molecule has 0 saturated heterocycles. The third-order valence-corrected chi connectivity index (χ3v) is 30.7. The molecule has 0 fully saturated rings. The highest BCUT2D eigenvalue weighted by molar-refractivity contribution is 9.11. The summed E-state index contributed by atoms with van der Waals surface area (Å²) in [5.74, 6) is -2.74. The molecule has 0 spiro atoms. The number of carbonyl (C=O) groups is 10. The average molecular weight is 2060 g/mol. The molecular formula is C104H151Br2ClN6O14S5. The summed E-state index contributed by atoms with van der Waals surface area (Å²) in [4.78, 5) is 135. The molecule has 0 unspecified atom stereocenters. The van der Waals surface area contributed by atoms with Gasteiger partial charge in [-0.05, 0) is 241 Å². The number of methoxy groups -OCH3 is 2. The Balaban J connectivity index is 0.000000510. The molecule has 732 valence electrons. The summed E-state index contributed by atoms with van der Waals surface area (Å²) in [7, 11) is 4.34. The van der Waals surface area contributed by atoms with Crippen LogP contribution in [0.5, 0.6) is 11.5 Å². The lowest BCUT2D eigenvalue weighted by atomic mass is 9.88. The summed E-state index contributed by atoms with van der Waals surface area (Å²) in [6.45, 7) is 23.4. The SMILES string of the molecule is CCCCCCCC(=O)Cl.CCCCCCCC(=O)c1cc(C)c(Br)s1.CCCCCCCC(=O)c1cc(C)c(C(=O)OC)s1.CCCCCCCCc1cc(C)c(C(=O)C[C@@H](CCN)C(=O)N(C)[C@@H]2C(=O)C[C@@H](C)C(=O)N[C@H](C(=O)CCC#N)Cc3ccc(OCCN)c(c3)-c3cc2ccc3OCCN)s1.CCCCCCCCc1cc(C)c(C(=O)OC)s1.Cc1ccsc1Br. The van der Waals surface area contributed by atoms with Gasteiger partial charge in [0.2, 0.25) is 17.1 Å². The average Bonchev–Trinajstić information content (AvgIpc) is 1.49. The molecule has 7 aromatic rings. The molecule has 1 aliphatic heterocycles. The number of esters is 2. The first-order valence-electron chi connectivity index (χ1n) is 47.7. The lowest BCUT2D eigenvalue weighted by molar-refractivity contribution is -0.142. The van der Waals surface area contributed by atoms with Crippen molar-refractivity contribution in [3.8, 4) is 28.7 Å². The van der Waals surface area contributed by atoms with E-state index in [-0.39, 0.29) is 106 Å². The van der Waals surface area contributed by atoms with Crippen molar-refractivity contribution >= 4 is 158 Å². The third kappa shape index (κ3) is 45.4. The van der Waals surface area contributed by atoms with E-state index in [1.807, 2.05) is 45.9 Å². The molecule has 4 bridgehead atoms. The van der Waals surface area contributed by atoms with Crippen molar-refractivity contribution in [1.29, 1.82) is 5.26 Å². The Bertz CT molecular complexity index is 4620. The molecule has 0 aliphatic carbocycles. The highest BCUT2D eigenvalue weighted by atomic mass is 79.9. The number of benzene rings is 2. The number of ketones is 5. The molecule has 20 nitrogen and oxygen atoms in total. The predicted octanol–water partition coefficient (Wildman–Crippen LogP) is 27.0. The molecule has 4 atom stereocenters. The van der Waals surface area contributed by atoms with Crippen molar-refractivity contribution in [3.05, 3.63) is 153 Å². The topological polar surface area (TPSA) is 325 Å². The molecule has 0 radical (unpaired) electrons. The number of nitrogens with zero attached hydrogens (tertiary/aromatic N) is 2. The molecule has 7 N–H and O–H groups in total. The second-order valence-corrected chi connectivity index (χ2v) is 42.2. The maximum absolute atomic E-state index is 14.7. The van der Waals surface area contributed by atoms with Crippen molar-refractivity contribution < 1.29 is 66.9 Å². The number of unbranched alkanes of at least 4 members (excludes halogenated alkanes) is 22. The number of nitrogens with two attached hydrogens (primary N) is 3. The Labute approximate surface area is 830 Å². The predicted molar refractivity (Wildman–Crippen MR) is 554 cm³/mol. The summed E-state index contributed by atoms with van der Waals surface area (Å²) in [6, 6.07) is 20.5. The highest BCUT2D eigenvalue weighted by Gasteiger charge is 2.37. The van der Waals surface area contributed by atoms with Crippen LogP contribution in [0.1, 0.15) is 369 Å². The normalized spacial score (nSPS) is 13.5. The minimum atomic E-state index is -1.18. The zero-order valence-corrected chi connectivity index (χ0v) is 89.2. The third-order valence-electron chi connectivity index (χ3n) is 22.4. The lowest BCUT2D eigenvalue weighted by Crippen LogP contribution is -2.46. The van der Waals surface area contributed by atoms with E-state index in [1.165, 1.54) is 190 Å². The lowest BCUT2D eigenvalue weighted by Gasteiger charge is -2.32.